The van der Waals surface area contributed by atoms with Crippen LogP contribution in [-0.4, -0.2) is 47.6 Å². The van der Waals surface area contributed by atoms with E-state index in [0.717, 1.165) is 23.9 Å². The maximum Gasteiger partial charge on any atom is 0.480 e. The van der Waals surface area contributed by atoms with Crippen LogP contribution in [0.2, 0.25) is 0 Å². The molecule has 0 bridgehead atoms. The molecule has 7 nitrogen and oxygen atoms in total. The first kappa shape index (κ1) is 22.6. The summed E-state index contributed by atoms with van der Waals surface area (Å²) in [6.07, 6.45) is 0. The van der Waals surface area contributed by atoms with Crippen LogP contribution in [-0.2, 0) is 24.8 Å². The summed E-state index contributed by atoms with van der Waals surface area (Å²) < 4.78 is 114. The first-order valence-corrected chi connectivity index (χ1v) is 7.74. The zero-order valence-electron chi connectivity index (χ0n) is 10.4. The Morgan fingerprint density at radius 2 is 1.29 bits per heavy atom. The van der Waals surface area contributed by atoms with Gasteiger partial charge in [0.25, 0.3) is 0 Å². The minimum absolute atomic E-state index is 0.778. The van der Waals surface area contributed by atoms with Gasteiger partial charge in [-0.3, -0.25) is 0 Å². The lowest BCUT2D eigenvalue weighted by Crippen LogP contribution is -2.52. The monoisotopic (exact) mass is 370 g/mol. The fourth-order valence-corrected chi connectivity index (χ4v) is 2.17. The minimum atomic E-state index is -6.72. The number of sulfonamides is 2. The number of hydrogen-bond acceptors (Lipinski definition) is 5. The quantitative estimate of drug-likeness (QED) is 0.552. The minimum Gasteiger partial charge on any atom is -0.421 e. The van der Waals surface area contributed by atoms with Crippen LogP contribution in [0.4, 0.5) is 26.3 Å². The lowest BCUT2D eigenvalue weighted by Gasteiger charge is -2.22. The van der Waals surface area contributed by atoms with Crippen molar-refractivity contribution in [3.8, 4) is 0 Å². The van der Waals surface area contributed by atoms with E-state index in [9.17, 15) is 43.2 Å². The number of rotatable bonds is 5. The van der Waals surface area contributed by atoms with Crippen molar-refractivity contribution in [1.29, 1.82) is 0 Å². The maximum absolute atomic E-state index is 11.4. The molecule has 0 aliphatic carbocycles. The maximum atomic E-state index is 11.4. The van der Waals surface area contributed by atoms with Crippen LogP contribution in [0.15, 0.2) is 0 Å². The molecule has 0 amide bonds. The zero-order valence-corrected chi connectivity index (χ0v) is 12.0. The molecule has 0 spiro atoms. The molecule has 0 rings (SSSR count). The largest absolute Gasteiger partial charge is 0.480 e. The zero-order chi connectivity index (χ0) is 17.5. The molecule has 21 heavy (non-hydrogen) atoms. The summed E-state index contributed by atoms with van der Waals surface area (Å²) in [5.41, 5.74) is -8.81. The summed E-state index contributed by atoms with van der Waals surface area (Å²) in [6, 6.07) is 0. The lowest BCUT2D eigenvalue weighted by atomic mass is 10.7. The fraction of sp³-hybridized carbons (Fsp3) is 1.00. The smallest absolute Gasteiger partial charge is 0.421 e. The molecule has 0 radical (unpaired) electrons. The molecule has 0 atom stereocenters. The molecule has 0 aromatic heterocycles. The van der Waals surface area contributed by atoms with Crippen LogP contribution >= 0.6 is 0 Å². The summed E-state index contributed by atoms with van der Waals surface area (Å²) in [4.78, 5) is 0. The number of ether oxygens (including phenoxy) is 1. The summed E-state index contributed by atoms with van der Waals surface area (Å²) >= 11 is 0. The van der Waals surface area contributed by atoms with Crippen LogP contribution in [0, 0.1) is 0 Å². The standard InChI is InChI=1S/C4H11NO.C2F6NO4S2/c1-2-6-4-3-5;3-1(4,5)14(10,11)9-15(12,13)2(6,7)8/h2-5H2,1H3;/q;-1/p+1. The van der Waals surface area contributed by atoms with Crippen molar-refractivity contribution in [1.82, 2.24) is 0 Å². The average Bonchev–Trinajstić information content (AvgIpc) is 2.22. The highest BCUT2D eigenvalue weighted by molar-refractivity contribution is 8.13. The van der Waals surface area contributed by atoms with Crippen molar-refractivity contribution in [3.05, 3.63) is 4.13 Å². The number of nitrogens with zero attached hydrogens (tertiary/aromatic N) is 1. The molecule has 0 saturated heterocycles. The first-order chi connectivity index (χ1) is 9.12. The van der Waals surface area contributed by atoms with Crippen molar-refractivity contribution < 1.29 is 53.6 Å². The SMILES string of the molecule is CCOCC[NH3+].O=S(=O)([N-]S(=O)(=O)C(F)(F)F)C(F)(F)F. The Hall–Kier alpha value is -0.640. The second kappa shape index (κ2) is 8.11. The van der Waals surface area contributed by atoms with Crippen LogP contribution in [0.1, 0.15) is 6.92 Å². The van der Waals surface area contributed by atoms with E-state index < -0.39 is 31.1 Å². The third-order valence-corrected chi connectivity index (χ3v) is 4.01. The fourth-order valence-electron chi connectivity index (χ4n) is 0.460. The van der Waals surface area contributed by atoms with E-state index in [1.165, 1.54) is 0 Å². The van der Waals surface area contributed by atoms with Crippen molar-refractivity contribution >= 4 is 20.0 Å². The van der Waals surface area contributed by atoms with E-state index in [-0.39, 0.29) is 0 Å². The van der Waals surface area contributed by atoms with Gasteiger partial charge in [-0.15, -0.1) is 0 Å². The molecule has 0 aliphatic rings. The Balaban J connectivity index is 0. The molecule has 130 valence electrons. The predicted molar refractivity (Wildman–Crippen MR) is 57.6 cm³/mol. The van der Waals surface area contributed by atoms with Crippen LogP contribution < -0.4 is 5.73 Å². The van der Waals surface area contributed by atoms with Crippen LogP contribution in [0.5, 0.6) is 0 Å². The Kier molecular flexibility index (Phi) is 8.75. The van der Waals surface area contributed by atoms with Gasteiger partial charge in [0.05, 0.1) is 13.2 Å². The summed E-state index contributed by atoms with van der Waals surface area (Å²) in [7, 11) is -13.4. The molecule has 0 aromatic carbocycles. The Morgan fingerprint density at radius 3 is 1.43 bits per heavy atom. The Morgan fingerprint density at radius 1 is 0.952 bits per heavy atom. The van der Waals surface area contributed by atoms with E-state index in [0.29, 0.717) is 0 Å². The van der Waals surface area contributed by atoms with E-state index in [1.54, 1.807) is 0 Å². The van der Waals surface area contributed by atoms with Crippen molar-refractivity contribution in [2.75, 3.05) is 19.8 Å². The second-order valence-electron chi connectivity index (χ2n) is 2.97. The third kappa shape index (κ3) is 8.40. The Labute approximate surface area is 116 Å². The summed E-state index contributed by atoms with van der Waals surface area (Å²) in [5, 5.41) is 0. The van der Waals surface area contributed by atoms with Gasteiger partial charge < -0.3 is 14.6 Å². The average molecular weight is 370 g/mol. The van der Waals surface area contributed by atoms with E-state index >= 15 is 0 Å². The number of hydrogen-bond donors (Lipinski definition) is 1. The second-order valence-corrected chi connectivity index (χ2v) is 6.39. The molecule has 0 fully saturated rings. The van der Waals surface area contributed by atoms with E-state index in [1.807, 2.05) is 6.92 Å². The van der Waals surface area contributed by atoms with Gasteiger partial charge in [-0.25, -0.2) is 16.8 Å². The highest BCUT2D eigenvalue weighted by Crippen LogP contribution is 2.36. The van der Waals surface area contributed by atoms with Crippen LogP contribution in [0.3, 0.4) is 0 Å². The number of quaternary nitrogens is 1. The van der Waals surface area contributed by atoms with Crippen LogP contribution in [0.25, 0.3) is 4.13 Å². The molecule has 0 saturated carbocycles. The molecular formula is C6H12F6N2O5S2. The highest BCUT2D eigenvalue weighted by Gasteiger charge is 2.46. The van der Waals surface area contributed by atoms with Crippen molar-refractivity contribution in [3.63, 3.8) is 0 Å². The van der Waals surface area contributed by atoms with E-state index in [4.69, 9.17) is 4.74 Å². The van der Waals surface area contributed by atoms with Gasteiger partial charge in [0.15, 0.2) is 20.0 Å². The lowest BCUT2D eigenvalue weighted by molar-refractivity contribution is -0.374. The van der Waals surface area contributed by atoms with Gasteiger partial charge in [0, 0.05) is 6.61 Å². The molecule has 0 aromatic rings. The molecule has 15 heteroatoms. The molecule has 0 unspecified atom stereocenters. The summed E-state index contributed by atoms with van der Waals surface area (Å²) in [6.45, 7) is 4.48. The molecule has 0 heterocycles. The van der Waals surface area contributed by atoms with Gasteiger partial charge in [-0.05, 0) is 6.92 Å². The summed E-state index contributed by atoms with van der Waals surface area (Å²) in [5.74, 6) is 0. The third-order valence-electron chi connectivity index (χ3n) is 1.27. The Bertz CT molecular complexity index is 451. The van der Waals surface area contributed by atoms with Crippen molar-refractivity contribution in [2.45, 2.75) is 17.9 Å². The van der Waals surface area contributed by atoms with E-state index in [2.05, 4.69) is 5.73 Å². The molecular weight excluding hydrogens is 358 g/mol. The van der Waals surface area contributed by atoms with Crippen molar-refractivity contribution in [2.24, 2.45) is 0 Å². The van der Waals surface area contributed by atoms with Gasteiger partial charge in [-0.2, -0.15) is 26.3 Å². The number of halogens is 6. The normalized spacial score (nSPS) is 13.5. The first-order valence-electron chi connectivity index (χ1n) is 4.86. The molecule has 3 N–H and O–H groups in total. The van der Waals surface area contributed by atoms with Gasteiger partial charge in [0.2, 0.25) is 0 Å². The number of alkyl halides is 6. The molecule has 0 aliphatic heterocycles. The topological polar surface area (TPSA) is 119 Å². The predicted octanol–water partition coefficient (Wildman–Crippen LogP) is 0.324. The van der Waals surface area contributed by atoms with Gasteiger partial charge in [0.1, 0.15) is 0 Å². The highest BCUT2D eigenvalue weighted by atomic mass is 32.3. The van der Waals surface area contributed by atoms with Gasteiger partial charge >= 0.3 is 11.0 Å². The van der Waals surface area contributed by atoms with Gasteiger partial charge in [-0.1, -0.05) is 0 Å².